The molecular formula is C12H10ClNO2. The molecule has 1 N–H and O–H groups in total. The molecule has 0 spiro atoms. The zero-order valence-corrected chi connectivity index (χ0v) is 9.40. The van der Waals surface area contributed by atoms with Crippen LogP contribution in [0.5, 0.6) is 11.5 Å². The summed E-state index contributed by atoms with van der Waals surface area (Å²) in [5.41, 5.74) is 1.63. The number of halogens is 1. The van der Waals surface area contributed by atoms with Crippen LogP contribution in [0.4, 0.5) is 0 Å². The number of aromatic hydroxyl groups is 1. The Morgan fingerprint density at radius 2 is 2.06 bits per heavy atom. The fourth-order valence-corrected chi connectivity index (χ4v) is 1.64. The summed E-state index contributed by atoms with van der Waals surface area (Å²) in [6.45, 7) is 0. The number of nitrogens with zero attached hydrogens (tertiary/aromatic N) is 1. The van der Waals surface area contributed by atoms with Crippen LogP contribution >= 0.6 is 11.6 Å². The third kappa shape index (κ3) is 2.09. The number of rotatable bonds is 2. The molecule has 2 rings (SSSR count). The Hall–Kier alpha value is -1.74. The van der Waals surface area contributed by atoms with Crippen molar-refractivity contribution < 1.29 is 9.84 Å². The van der Waals surface area contributed by atoms with Gasteiger partial charge < -0.3 is 9.84 Å². The van der Waals surface area contributed by atoms with Gasteiger partial charge in [-0.25, -0.2) is 0 Å². The van der Waals surface area contributed by atoms with Gasteiger partial charge in [0.25, 0.3) is 0 Å². The summed E-state index contributed by atoms with van der Waals surface area (Å²) in [7, 11) is 1.57. The van der Waals surface area contributed by atoms with Crippen LogP contribution in [0.3, 0.4) is 0 Å². The van der Waals surface area contributed by atoms with Crippen molar-refractivity contribution in [3.8, 4) is 22.6 Å². The molecule has 4 heteroatoms. The Bertz CT molecular complexity index is 514. The van der Waals surface area contributed by atoms with Crippen LogP contribution in [0.1, 0.15) is 0 Å². The molecule has 0 saturated heterocycles. The normalized spacial score (nSPS) is 10.1. The third-order valence-electron chi connectivity index (χ3n) is 2.20. The van der Waals surface area contributed by atoms with E-state index < -0.39 is 0 Å². The second-order valence-corrected chi connectivity index (χ2v) is 3.71. The molecule has 1 heterocycles. The van der Waals surface area contributed by atoms with Gasteiger partial charge in [0, 0.05) is 22.3 Å². The van der Waals surface area contributed by atoms with Crippen molar-refractivity contribution in [2.45, 2.75) is 0 Å². The van der Waals surface area contributed by atoms with E-state index in [1.165, 1.54) is 6.20 Å². The molecule has 0 saturated carbocycles. The van der Waals surface area contributed by atoms with Crippen molar-refractivity contribution in [3.63, 3.8) is 0 Å². The van der Waals surface area contributed by atoms with Gasteiger partial charge >= 0.3 is 0 Å². The van der Waals surface area contributed by atoms with E-state index in [4.69, 9.17) is 16.3 Å². The minimum Gasteiger partial charge on any atom is -0.506 e. The number of ether oxygens (including phenoxy) is 1. The van der Waals surface area contributed by atoms with Gasteiger partial charge in [0.2, 0.25) is 0 Å². The molecule has 0 amide bonds. The lowest BCUT2D eigenvalue weighted by Crippen LogP contribution is -1.88. The molecular weight excluding hydrogens is 226 g/mol. The van der Waals surface area contributed by atoms with Crippen LogP contribution in [0.2, 0.25) is 5.02 Å². The van der Waals surface area contributed by atoms with E-state index in [1.807, 2.05) is 6.07 Å². The van der Waals surface area contributed by atoms with E-state index in [1.54, 1.807) is 31.5 Å². The van der Waals surface area contributed by atoms with E-state index in [9.17, 15) is 5.11 Å². The van der Waals surface area contributed by atoms with Crippen molar-refractivity contribution in [2.24, 2.45) is 0 Å². The summed E-state index contributed by atoms with van der Waals surface area (Å²) in [6, 6.07) is 6.95. The van der Waals surface area contributed by atoms with E-state index in [-0.39, 0.29) is 5.75 Å². The summed E-state index contributed by atoms with van der Waals surface area (Å²) >= 11 is 5.87. The predicted molar refractivity (Wildman–Crippen MR) is 62.9 cm³/mol. The van der Waals surface area contributed by atoms with Gasteiger partial charge in [-0.1, -0.05) is 11.6 Å². The van der Waals surface area contributed by atoms with Crippen molar-refractivity contribution in [3.05, 3.63) is 41.7 Å². The zero-order chi connectivity index (χ0) is 11.5. The average Bonchev–Trinajstić information content (AvgIpc) is 2.28. The highest BCUT2D eigenvalue weighted by Gasteiger charge is 2.07. The Kier molecular flexibility index (Phi) is 2.97. The molecule has 0 aliphatic heterocycles. The number of hydrogen-bond donors (Lipinski definition) is 1. The van der Waals surface area contributed by atoms with Crippen LogP contribution in [-0.2, 0) is 0 Å². The predicted octanol–water partition coefficient (Wildman–Crippen LogP) is 3.12. The minimum atomic E-state index is 0.120. The molecule has 16 heavy (non-hydrogen) atoms. The molecule has 1 aromatic carbocycles. The number of aromatic nitrogens is 1. The summed E-state index contributed by atoms with van der Waals surface area (Å²) < 4.78 is 5.23. The molecule has 0 bridgehead atoms. The van der Waals surface area contributed by atoms with Gasteiger partial charge in [0.15, 0.2) is 0 Å². The highest BCUT2D eigenvalue weighted by molar-refractivity contribution is 6.30. The van der Waals surface area contributed by atoms with Crippen molar-refractivity contribution in [1.82, 2.24) is 4.98 Å². The molecule has 1 aromatic heterocycles. The molecule has 3 nitrogen and oxygen atoms in total. The fraction of sp³-hybridized carbons (Fsp3) is 0.0833. The number of hydrogen-bond acceptors (Lipinski definition) is 3. The SMILES string of the molecule is COc1cc(Cl)ccc1-c1cncc(O)c1. The summed E-state index contributed by atoms with van der Waals surface area (Å²) in [4.78, 5) is 3.92. The first-order chi connectivity index (χ1) is 7.70. The van der Waals surface area contributed by atoms with Crippen LogP contribution in [0.25, 0.3) is 11.1 Å². The fourth-order valence-electron chi connectivity index (χ4n) is 1.48. The molecule has 0 fully saturated rings. The Morgan fingerprint density at radius 3 is 2.75 bits per heavy atom. The molecule has 0 aliphatic carbocycles. The van der Waals surface area contributed by atoms with Gasteiger partial charge in [-0.3, -0.25) is 4.98 Å². The maximum absolute atomic E-state index is 9.36. The Labute approximate surface area is 98.3 Å². The van der Waals surface area contributed by atoms with E-state index in [0.717, 1.165) is 11.1 Å². The van der Waals surface area contributed by atoms with Crippen LogP contribution < -0.4 is 4.74 Å². The highest BCUT2D eigenvalue weighted by Crippen LogP contribution is 2.32. The lowest BCUT2D eigenvalue weighted by atomic mass is 10.1. The number of pyridine rings is 1. The van der Waals surface area contributed by atoms with Crippen LogP contribution in [0, 0.1) is 0 Å². The van der Waals surface area contributed by atoms with Crippen LogP contribution in [-0.4, -0.2) is 17.2 Å². The molecule has 2 aromatic rings. The maximum atomic E-state index is 9.36. The molecule has 0 unspecified atom stereocenters. The molecule has 82 valence electrons. The van der Waals surface area contributed by atoms with E-state index in [0.29, 0.717) is 10.8 Å². The molecule has 0 atom stereocenters. The first-order valence-electron chi connectivity index (χ1n) is 4.68. The molecule has 0 aliphatic rings. The van der Waals surface area contributed by atoms with Gasteiger partial charge in [-0.15, -0.1) is 0 Å². The summed E-state index contributed by atoms with van der Waals surface area (Å²) in [5.74, 6) is 0.773. The highest BCUT2D eigenvalue weighted by atomic mass is 35.5. The minimum absolute atomic E-state index is 0.120. The average molecular weight is 236 g/mol. The first-order valence-corrected chi connectivity index (χ1v) is 5.06. The van der Waals surface area contributed by atoms with Gasteiger partial charge in [-0.2, -0.15) is 0 Å². The number of methoxy groups -OCH3 is 1. The van der Waals surface area contributed by atoms with E-state index in [2.05, 4.69) is 4.98 Å². The van der Waals surface area contributed by atoms with Crippen molar-refractivity contribution in [2.75, 3.05) is 7.11 Å². The van der Waals surface area contributed by atoms with Gasteiger partial charge in [0.1, 0.15) is 11.5 Å². The standard InChI is InChI=1S/C12H10ClNO2/c1-16-12-5-9(13)2-3-11(12)8-4-10(15)7-14-6-8/h2-7,15H,1H3. The quantitative estimate of drug-likeness (QED) is 0.870. The van der Waals surface area contributed by atoms with Crippen LogP contribution in [0.15, 0.2) is 36.7 Å². The molecule has 0 radical (unpaired) electrons. The summed E-state index contributed by atoms with van der Waals surface area (Å²) in [5, 5.41) is 9.97. The van der Waals surface area contributed by atoms with Crippen molar-refractivity contribution in [1.29, 1.82) is 0 Å². The smallest absolute Gasteiger partial charge is 0.134 e. The Balaban J connectivity index is 2.55. The monoisotopic (exact) mass is 235 g/mol. The Morgan fingerprint density at radius 1 is 1.25 bits per heavy atom. The first kappa shape index (κ1) is 10.8. The lowest BCUT2D eigenvalue weighted by molar-refractivity contribution is 0.416. The van der Waals surface area contributed by atoms with E-state index >= 15 is 0 Å². The second kappa shape index (κ2) is 4.41. The topological polar surface area (TPSA) is 42.4 Å². The van der Waals surface area contributed by atoms with Crippen molar-refractivity contribution >= 4 is 11.6 Å². The third-order valence-corrected chi connectivity index (χ3v) is 2.43. The van der Waals surface area contributed by atoms with Gasteiger partial charge in [-0.05, 0) is 24.3 Å². The summed E-state index contributed by atoms with van der Waals surface area (Å²) in [6.07, 6.45) is 3.04. The largest absolute Gasteiger partial charge is 0.506 e. The zero-order valence-electron chi connectivity index (χ0n) is 8.64. The maximum Gasteiger partial charge on any atom is 0.134 e. The second-order valence-electron chi connectivity index (χ2n) is 3.28. The van der Waals surface area contributed by atoms with Gasteiger partial charge in [0.05, 0.1) is 13.3 Å². The number of benzene rings is 1. The lowest BCUT2D eigenvalue weighted by Gasteiger charge is -2.08.